The number of hydrogen-bond donors (Lipinski definition) is 1. The van der Waals surface area contributed by atoms with E-state index in [4.69, 9.17) is 9.72 Å². The molecule has 0 radical (unpaired) electrons. The molecule has 1 aliphatic rings. The van der Waals surface area contributed by atoms with Crippen molar-refractivity contribution in [1.29, 1.82) is 0 Å². The molecule has 0 spiro atoms. The summed E-state index contributed by atoms with van der Waals surface area (Å²) in [5.74, 6) is 0.852. The van der Waals surface area contributed by atoms with Gasteiger partial charge in [0.25, 0.3) is 0 Å². The molecule has 4 aromatic rings. The number of aromatic nitrogens is 4. The first-order valence-corrected chi connectivity index (χ1v) is 9.36. The van der Waals surface area contributed by atoms with E-state index in [1.165, 1.54) is 5.56 Å². The van der Waals surface area contributed by atoms with Crippen LogP contribution in [-0.2, 0) is 4.74 Å². The second-order valence-electron chi connectivity index (χ2n) is 7.04. The highest BCUT2D eigenvalue weighted by Gasteiger charge is 2.18. The predicted molar refractivity (Wildman–Crippen MR) is 106 cm³/mol. The van der Waals surface area contributed by atoms with Crippen LogP contribution in [0.25, 0.3) is 27.8 Å². The standard InChI is InChI=1S/C21H21N5O/c1-14-6-4-7-15(12-14)19-21-23-20(22-13-16-8-5-11-27-16)17-9-2-3-10-18(17)26(21)25-24-19/h2-4,6-7,9-10,12,16H,5,8,11,13H2,1H3,(H,22,23). The van der Waals surface area contributed by atoms with E-state index in [0.29, 0.717) is 0 Å². The van der Waals surface area contributed by atoms with Gasteiger partial charge < -0.3 is 10.1 Å². The van der Waals surface area contributed by atoms with Crippen LogP contribution in [0.15, 0.2) is 48.5 Å². The van der Waals surface area contributed by atoms with Crippen molar-refractivity contribution in [1.82, 2.24) is 19.8 Å². The van der Waals surface area contributed by atoms with Crippen LogP contribution >= 0.6 is 0 Å². The fraction of sp³-hybridized carbons (Fsp3) is 0.286. The number of ether oxygens (including phenoxy) is 1. The summed E-state index contributed by atoms with van der Waals surface area (Å²) in [4.78, 5) is 4.90. The first-order valence-electron chi connectivity index (χ1n) is 9.36. The number of rotatable bonds is 4. The smallest absolute Gasteiger partial charge is 0.186 e. The lowest BCUT2D eigenvalue weighted by atomic mass is 10.1. The van der Waals surface area contributed by atoms with E-state index in [9.17, 15) is 0 Å². The molecule has 5 rings (SSSR count). The Bertz CT molecular complexity index is 1110. The maximum absolute atomic E-state index is 5.75. The van der Waals surface area contributed by atoms with Gasteiger partial charge in [-0.05, 0) is 38.0 Å². The lowest BCUT2D eigenvalue weighted by Crippen LogP contribution is -2.19. The second-order valence-corrected chi connectivity index (χ2v) is 7.04. The zero-order valence-electron chi connectivity index (χ0n) is 15.2. The summed E-state index contributed by atoms with van der Waals surface area (Å²) in [7, 11) is 0. The Morgan fingerprint density at radius 2 is 2.11 bits per heavy atom. The third kappa shape index (κ3) is 2.92. The van der Waals surface area contributed by atoms with Crippen molar-refractivity contribution in [2.45, 2.75) is 25.9 Å². The van der Waals surface area contributed by atoms with E-state index in [2.05, 4.69) is 46.8 Å². The number of nitrogens with one attached hydrogen (secondary N) is 1. The first kappa shape index (κ1) is 16.2. The van der Waals surface area contributed by atoms with Crippen LogP contribution in [0, 0.1) is 6.92 Å². The Hall–Kier alpha value is -2.99. The van der Waals surface area contributed by atoms with Crippen LogP contribution in [0.4, 0.5) is 5.82 Å². The van der Waals surface area contributed by atoms with Crippen LogP contribution in [0.1, 0.15) is 18.4 Å². The second kappa shape index (κ2) is 6.63. The minimum atomic E-state index is 0.251. The molecule has 1 unspecified atom stereocenters. The SMILES string of the molecule is Cc1cccc(-c2nnn3c2nc(NCC2CCCO2)c2ccccc23)c1. The summed E-state index contributed by atoms with van der Waals surface area (Å²) >= 11 is 0. The Morgan fingerprint density at radius 3 is 2.96 bits per heavy atom. The van der Waals surface area contributed by atoms with Gasteiger partial charge in [-0.1, -0.05) is 41.1 Å². The van der Waals surface area contributed by atoms with Gasteiger partial charge in [0.1, 0.15) is 11.5 Å². The molecule has 1 saturated heterocycles. The highest BCUT2D eigenvalue weighted by Crippen LogP contribution is 2.28. The highest BCUT2D eigenvalue weighted by molar-refractivity contribution is 5.93. The van der Waals surface area contributed by atoms with Gasteiger partial charge >= 0.3 is 0 Å². The fourth-order valence-corrected chi connectivity index (χ4v) is 3.69. The molecular weight excluding hydrogens is 338 g/mol. The monoisotopic (exact) mass is 359 g/mol. The number of nitrogens with zero attached hydrogens (tertiary/aromatic N) is 4. The maximum Gasteiger partial charge on any atom is 0.186 e. The lowest BCUT2D eigenvalue weighted by molar-refractivity contribution is 0.120. The van der Waals surface area contributed by atoms with Crippen LogP contribution in [0.2, 0.25) is 0 Å². The molecule has 1 atom stereocenters. The summed E-state index contributed by atoms with van der Waals surface area (Å²) in [6.45, 7) is 3.69. The van der Waals surface area contributed by atoms with Gasteiger partial charge in [0.05, 0.1) is 11.6 Å². The number of para-hydroxylation sites is 1. The van der Waals surface area contributed by atoms with E-state index >= 15 is 0 Å². The Balaban J connectivity index is 1.64. The molecule has 6 heteroatoms. The zero-order valence-corrected chi connectivity index (χ0v) is 15.2. The zero-order chi connectivity index (χ0) is 18.2. The molecule has 2 aromatic carbocycles. The largest absolute Gasteiger partial charge is 0.376 e. The summed E-state index contributed by atoms with van der Waals surface area (Å²) in [5, 5.41) is 13.3. The number of anilines is 1. The molecule has 136 valence electrons. The molecular formula is C21H21N5O. The molecule has 1 N–H and O–H groups in total. The number of hydrogen-bond acceptors (Lipinski definition) is 5. The molecule has 0 saturated carbocycles. The number of aryl methyl sites for hydroxylation is 1. The molecule has 1 aliphatic heterocycles. The average Bonchev–Trinajstić information content (AvgIpc) is 3.36. The van der Waals surface area contributed by atoms with Gasteiger partial charge in [0.15, 0.2) is 5.65 Å². The van der Waals surface area contributed by atoms with Crippen LogP contribution in [0.3, 0.4) is 0 Å². The van der Waals surface area contributed by atoms with E-state index in [-0.39, 0.29) is 6.10 Å². The van der Waals surface area contributed by atoms with Crippen molar-refractivity contribution in [3.8, 4) is 11.3 Å². The average molecular weight is 359 g/mol. The van der Waals surface area contributed by atoms with Crippen LogP contribution in [-0.4, -0.2) is 39.1 Å². The van der Waals surface area contributed by atoms with Crippen molar-refractivity contribution in [3.05, 3.63) is 54.1 Å². The van der Waals surface area contributed by atoms with Crippen molar-refractivity contribution < 1.29 is 4.74 Å². The topological polar surface area (TPSA) is 64.3 Å². The van der Waals surface area contributed by atoms with Gasteiger partial charge in [-0.25, -0.2) is 4.98 Å². The van der Waals surface area contributed by atoms with Crippen molar-refractivity contribution in [2.75, 3.05) is 18.5 Å². The summed E-state index contributed by atoms with van der Waals surface area (Å²) in [6.07, 6.45) is 2.47. The molecule has 2 aromatic heterocycles. The van der Waals surface area contributed by atoms with E-state index < -0.39 is 0 Å². The lowest BCUT2D eigenvalue weighted by Gasteiger charge is -2.13. The van der Waals surface area contributed by atoms with E-state index in [1.807, 2.05) is 28.8 Å². The van der Waals surface area contributed by atoms with E-state index in [1.54, 1.807) is 0 Å². The third-order valence-corrected chi connectivity index (χ3v) is 5.06. The molecule has 1 fully saturated rings. The summed E-state index contributed by atoms with van der Waals surface area (Å²) < 4.78 is 7.57. The van der Waals surface area contributed by atoms with Gasteiger partial charge in [-0.3, -0.25) is 0 Å². The highest BCUT2D eigenvalue weighted by atomic mass is 16.5. The molecule has 0 amide bonds. The predicted octanol–water partition coefficient (Wildman–Crippen LogP) is 3.84. The maximum atomic E-state index is 5.75. The Kier molecular flexibility index (Phi) is 3.98. The van der Waals surface area contributed by atoms with Gasteiger partial charge in [0, 0.05) is 24.1 Å². The van der Waals surface area contributed by atoms with Crippen molar-refractivity contribution in [3.63, 3.8) is 0 Å². The summed E-state index contributed by atoms with van der Waals surface area (Å²) in [6, 6.07) is 16.4. The molecule has 3 heterocycles. The summed E-state index contributed by atoms with van der Waals surface area (Å²) in [5.41, 5.74) is 4.76. The van der Waals surface area contributed by atoms with Crippen molar-refractivity contribution >= 4 is 22.4 Å². The molecule has 6 nitrogen and oxygen atoms in total. The number of benzene rings is 2. The van der Waals surface area contributed by atoms with Gasteiger partial charge in [0.2, 0.25) is 0 Å². The molecule has 27 heavy (non-hydrogen) atoms. The third-order valence-electron chi connectivity index (χ3n) is 5.06. The van der Waals surface area contributed by atoms with E-state index in [0.717, 1.165) is 59.6 Å². The Labute approximate surface area is 157 Å². The molecule has 0 bridgehead atoms. The molecule has 0 aliphatic carbocycles. The van der Waals surface area contributed by atoms with Gasteiger partial charge in [-0.15, -0.1) is 5.10 Å². The van der Waals surface area contributed by atoms with Crippen molar-refractivity contribution in [2.24, 2.45) is 0 Å². The quantitative estimate of drug-likeness (QED) is 0.600. The minimum absolute atomic E-state index is 0.251. The minimum Gasteiger partial charge on any atom is -0.376 e. The Morgan fingerprint density at radius 1 is 1.19 bits per heavy atom. The first-order chi connectivity index (χ1) is 13.3. The fourth-order valence-electron chi connectivity index (χ4n) is 3.69. The van der Waals surface area contributed by atoms with Gasteiger partial charge in [-0.2, -0.15) is 4.52 Å². The van der Waals surface area contributed by atoms with Crippen LogP contribution in [0.5, 0.6) is 0 Å². The number of fused-ring (bicyclic) bond motifs is 3. The van der Waals surface area contributed by atoms with Crippen LogP contribution < -0.4 is 5.32 Å². The normalized spacial score (nSPS) is 17.0.